The van der Waals surface area contributed by atoms with E-state index in [9.17, 15) is 4.39 Å². The standard InChI is InChI=1S/C11H10FN3/c1-13-11-14-6-9(7-15-11)8-2-4-10(12)5-3-8/h2-7H,1H3,(H,13,14,15). The first-order chi connectivity index (χ1) is 7.29. The van der Waals surface area contributed by atoms with Crippen molar-refractivity contribution in [3.8, 4) is 11.1 Å². The lowest BCUT2D eigenvalue weighted by molar-refractivity contribution is 0.628. The summed E-state index contributed by atoms with van der Waals surface area (Å²) in [4.78, 5) is 8.16. The zero-order valence-electron chi connectivity index (χ0n) is 8.24. The molecule has 15 heavy (non-hydrogen) atoms. The van der Waals surface area contributed by atoms with Crippen LogP contribution in [-0.2, 0) is 0 Å². The smallest absolute Gasteiger partial charge is 0.222 e. The van der Waals surface area contributed by atoms with Crippen LogP contribution < -0.4 is 5.32 Å². The number of anilines is 1. The Balaban J connectivity index is 2.33. The fourth-order valence-corrected chi connectivity index (χ4v) is 1.25. The first kappa shape index (κ1) is 9.58. The summed E-state index contributed by atoms with van der Waals surface area (Å²) >= 11 is 0. The second-order valence-electron chi connectivity index (χ2n) is 3.05. The maximum atomic E-state index is 12.7. The number of nitrogens with zero attached hydrogens (tertiary/aromatic N) is 2. The molecule has 0 spiro atoms. The van der Waals surface area contributed by atoms with Gasteiger partial charge in [0, 0.05) is 25.0 Å². The van der Waals surface area contributed by atoms with Crippen LogP contribution in [0.1, 0.15) is 0 Å². The van der Waals surface area contributed by atoms with Crippen molar-refractivity contribution in [1.29, 1.82) is 0 Å². The van der Waals surface area contributed by atoms with Crippen LogP contribution in [0.25, 0.3) is 11.1 Å². The summed E-state index contributed by atoms with van der Waals surface area (Å²) in [6.45, 7) is 0. The summed E-state index contributed by atoms with van der Waals surface area (Å²) < 4.78 is 12.7. The fraction of sp³-hybridized carbons (Fsp3) is 0.0909. The van der Waals surface area contributed by atoms with Crippen molar-refractivity contribution in [1.82, 2.24) is 9.97 Å². The zero-order chi connectivity index (χ0) is 10.7. The number of hydrogen-bond donors (Lipinski definition) is 1. The molecule has 0 aliphatic heterocycles. The summed E-state index contributed by atoms with van der Waals surface area (Å²) in [6.07, 6.45) is 3.40. The lowest BCUT2D eigenvalue weighted by Gasteiger charge is -2.01. The molecule has 0 amide bonds. The van der Waals surface area contributed by atoms with Crippen molar-refractivity contribution < 1.29 is 4.39 Å². The van der Waals surface area contributed by atoms with Gasteiger partial charge in [-0.15, -0.1) is 0 Å². The molecule has 4 heteroatoms. The van der Waals surface area contributed by atoms with Gasteiger partial charge in [0.25, 0.3) is 0 Å². The molecule has 3 nitrogen and oxygen atoms in total. The zero-order valence-corrected chi connectivity index (χ0v) is 8.24. The van der Waals surface area contributed by atoms with Crippen molar-refractivity contribution in [2.45, 2.75) is 0 Å². The van der Waals surface area contributed by atoms with Crippen molar-refractivity contribution in [3.63, 3.8) is 0 Å². The Bertz CT molecular complexity index is 436. The molecular formula is C11H10FN3. The molecule has 0 aliphatic carbocycles. The highest BCUT2D eigenvalue weighted by molar-refractivity contribution is 5.61. The molecule has 76 valence electrons. The normalized spacial score (nSPS) is 10.0. The Labute approximate surface area is 87.0 Å². The lowest BCUT2D eigenvalue weighted by atomic mass is 10.1. The Kier molecular flexibility index (Phi) is 2.58. The van der Waals surface area contributed by atoms with Crippen molar-refractivity contribution in [2.24, 2.45) is 0 Å². The minimum atomic E-state index is -0.244. The molecule has 0 saturated carbocycles. The Morgan fingerprint density at radius 1 is 1.00 bits per heavy atom. The third-order valence-electron chi connectivity index (χ3n) is 2.05. The van der Waals surface area contributed by atoms with Gasteiger partial charge in [-0.25, -0.2) is 14.4 Å². The Hall–Kier alpha value is -1.97. The predicted molar refractivity (Wildman–Crippen MR) is 57.0 cm³/mol. The summed E-state index contributed by atoms with van der Waals surface area (Å²) in [5.74, 6) is 0.326. The van der Waals surface area contributed by atoms with Crippen LogP contribution in [0.5, 0.6) is 0 Å². The highest BCUT2D eigenvalue weighted by Gasteiger charge is 1.99. The van der Waals surface area contributed by atoms with Gasteiger partial charge in [-0.1, -0.05) is 12.1 Å². The van der Waals surface area contributed by atoms with E-state index in [1.165, 1.54) is 12.1 Å². The molecule has 0 fully saturated rings. The van der Waals surface area contributed by atoms with Gasteiger partial charge in [-0.3, -0.25) is 0 Å². The molecule has 2 aromatic rings. The van der Waals surface area contributed by atoms with Gasteiger partial charge in [0.15, 0.2) is 0 Å². The van der Waals surface area contributed by atoms with Crippen LogP contribution in [0.15, 0.2) is 36.7 Å². The Morgan fingerprint density at radius 2 is 1.60 bits per heavy atom. The number of nitrogens with one attached hydrogen (secondary N) is 1. The molecule has 0 saturated heterocycles. The van der Waals surface area contributed by atoms with E-state index in [1.807, 2.05) is 0 Å². The summed E-state index contributed by atoms with van der Waals surface area (Å²) in [5, 5.41) is 2.83. The van der Waals surface area contributed by atoms with Crippen LogP contribution in [0.4, 0.5) is 10.3 Å². The Morgan fingerprint density at radius 3 is 2.13 bits per heavy atom. The number of benzene rings is 1. The first-order valence-corrected chi connectivity index (χ1v) is 4.55. The SMILES string of the molecule is CNc1ncc(-c2ccc(F)cc2)cn1. The molecule has 1 heterocycles. The molecule has 1 N–H and O–H groups in total. The largest absolute Gasteiger partial charge is 0.357 e. The minimum absolute atomic E-state index is 0.244. The molecule has 1 aromatic heterocycles. The average Bonchev–Trinajstić information content (AvgIpc) is 2.30. The van der Waals surface area contributed by atoms with Crippen LogP contribution in [-0.4, -0.2) is 17.0 Å². The summed E-state index contributed by atoms with van der Waals surface area (Å²) in [6, 6.07) is 6.24. The van der Waals surface area contributed by atoms with Gasteiger partial charge in [-0.05, 0) is 17.7 Å². The maximum Gasteiger partial charge on any atom is 0.222 e. The van der Waals surface area contributed by atoms with Crippen LogP contribution >= 0.6 is 0 Å². The molecule has 2 rings (SSSR count). The van der Waals surface area contributed by atoms with Gasteiger partial charge in [-0.2, -0.15) is 0 Å². The van der Waals surface area contributed by atoms with E-state index in [-0.39, 0.29) is 5.82 Å². The van der Waals surface area contributed by atoms with Gasteiger partial charge in [0.05, 0.1) is 0 Å². The van der Waals surface area contributed by atoms with Gasteiger partial charge in [0.2, 0.25) is 5.95 Å². The molecule has 0 aliphatic rings. The third kappa shape index (κ3) is 2.10. The third-order valence-corrected chi connectivity index (χ3v) is 2.05. The van der Waals surface area contributed by atoms with E-state index < -0.39 is 0 Å². The molecular weight excluding hydrogens is 193 g/mol. The second-order valence-corrected chi connectivity index (χ2v) is 3.05. The fourth-order valence-electron chi connectivity index (χ4n) is 1.25. The van der Waals surface area contributed by atoms with Crippen LogP contribution in [0.3, 0.4) is 0 Å². The van der Waals surface area contributed by atoms with Gasteiger partial charge >= 0.3 is 0 Å². The lowest BCUT2D eigenvalue weighted by Crippen LogP contribution is -1.95. The summed E-state index contributed by atoms with van der Waals surface area (Å²) in [5.41, 5.74) is 1.77. The second kappa shape index (κ2) is 4.04. The van der Waals surface area contributed by atoms with E-state index in [0.29, 0.717) is 5.95 Å². The molecule has 0 radical (unpaired) electrons. The van der Waals surface area contributed by atoms with E-state index in [4.69, 9.17) is 0 Å². The van der Waals surface area contributed by atoms with E-state index in [0.717, 1.165) is 11.1 Å². The van der Waals surface area contributed by atoms with Crippen molar-refractivity contribution >= 4 is 5.95 Å². The first-order valence-electron chi connectivity index (χ1n) is 4.55. The van der Waals surface area contributed by atoms with Crippen LogP contribution in [0.2, 0.25) is 0 Å². The number of hydrogen-bond acceptors (Lipinski definition) is 3. The quantitative estimate of drug-likeness (QED) is 0.813. The topological polar surface area (TPSA) is 37.8 Å². The van der Waals surface area contributed by atoms with Gasteiger partial charge in [0.1, 0.15) is 5.82 Å². The summed E-state index contributed by atoms with van der Waals surface area (Å²) in [7, 11) is 1.76. The molecule has 0 unspecified atom stereocenters. The minimum Gasteiger partial charge on any atom is -0.357 e. The predicted octanol–water partition coefficient (Wildman–Crippen LogP) is 2.32. The van der Waals surface area contributed by atoms with E-state index >= 15 is 0 Å². The molecule has 0 atom stereocenters. The highest BCUT2D eigenvalue weighted by Crippen LogP contribution is 2.17. The number of aromatic nitrogens is 2. The van der Waals surface area contributed by atoms with E-state index in [2.05, 4.69) is 15.3 Å². The van der Waals surface area contributed by atoms with E-state index in [1.54, 1.807) is 31.6 Å². The highest BCUT2D eigenvalue weighted by atomic mass is 19.1. The van der Waals surface area contributed by atoms with Crippen molar-refractivity contribution in [3.05, 3.63) is 42.5 Å². The van der Waals surface area contributed by atoms with Crippen molar-refractivity contribution in [2.75, 3.05) is 12.4 Å². The van der Waals surface area contributed by atoms with Gasteiger partial charge < -0.3 is 5.32 Å². The average molecular weight is 203 g/mol. The number of rotatable bonds is 2. The monoisotopic (exact) mass is 203 g/mol. The number of halogens is 1. The maximum absolute atomic E-state index is 12.7. The van der Waals surface area contributed by atoms with Crippen LogP contribution in [0, 0.1) is 5.82 Å². The molecule has 0 bridgehead atoms. The molecule has 1 aromatic carbocycles.